The van der Waals surface area contributed by atoms with Gasteiger partial charge in [-0.2, -0.15) is 0 Å². The van der Waals surface area contributed by atoms with Gasteiger partial charge in [-0.15, -0.1) is 6.42 Å². The molecular formula is C17H30N4O2. The summed E-state index contributed by atoms with van der Waals surface area (Å²) in [6.45, 7) is 12.6. The lowest BCUT2D eigenvalue weighted by atomic mass is 10.2. The number of rotatable bonds is 5. The number of morpholine rings is 1. The topological polar surface area (TPSA) is 48.0 Å². The summed E-state index contributed by atoms with van der Waals surface area (Å²) in [5, 5.41) is 3.02. The summed E-state index contributed by atoms with van der Waals surface area (Å²) >= 11 is 0. The van der Waals surface area contributed by atoms with Crippen LogP contribution in [-0.2, 0) is 4.74 Å². The SMILES string of the molecule is C#CCN1CCN(C(=O)NCC2CN(CC(C)C)CCO2)CC1. The first-order valence-corrected chi connectivity index (χ1v) is 8.61. The van der Waals surface area contributed by atoms with Gasteiger partial charge in [0.15, 0.2) is 0 Å². The molecule has 0 radical (unpaired) electrons. The van der Waals surface area contributed by atoms with Crippen molar-refractivity contribution >= 4 is 6.03 Å². The molecule has 2 aliphatic heterocycles. The maximum absolute atomic E-state index is 12.3. The van der Waals surface area contributed by atoms with Crippen molar-refractivity contribution in [2.45, 2.75) is 20.0 Å². The second-order valence-corrected chi connectivity index (χ2v) is 6.80. The van der Waals surface area contributed by atoms with Crippen LogP contribution in [0.1, 0.15) is 13.8 Å². The normalized spacial score (nSPS) is 23.7. The third-order valence-electron chi connectivity index (χ3n) is 4.30. The Morgan fingerprint density at radius 1 is 1.26 bits per heavy atom. The molecule has 0 bridgehead atoms. The van der Waals surface area contributed by atoms with E-state index in [-0.39, 0.29) is 12.1 Å². The Morgan fingerprint density at radius 2 is 2.00 bits per heavy atom. The number of terminal acetylenes is 1. The number of urea groups is 1. The first-order valence-electron chi connectivity index (χ1n) is 8.61. The fourth-order valence-electron chi connectivity index (χ4n) is 3.14. The molecule has 1 unspecified atom stereocenters. The first-order chi connectivity index (χ1) is 11.1. The zero-order chi connectivity index (χ0) is 16.7. The van der Waals surface area contributed by atoms with E-state index in [1.807, 2.05) is 4.90 Å². The van der Waals surface area contributed by atoms with Gasteiger partial charge < -0.3 is 15.0 Å². The summed E-state index contributed by atoms with van der Waals surface area (Å²) in [6, 6.07) is 0.00920. The molecule has 2 amide bonds. The molecule has 23 heavy (non-hydrogen) atoms. The van der Waals surface area contributed by atoms with Gasteiger partial charge in [0, 0.05) is 52.4 Å². The molecule has 0 aromatic rings. The van der Waals surface area contributed by atoms with Crippen LogP contribution in [0.15, 0.2) is 0 Å². The van der Waals surface area contributed by atoms with Gasteiger partial charge in [-0.3, -0.25) is 9.80 Å². The van der Waals surface area contributed by atoms with E-state index in [2.05, 4.69) is 34.9 Å². The predicted octanol–water partition coefficient (Wildman–Crippen LogP) is 0.304. The van der Waals surface area contributed by atoms with E-state index in [1.165, 1.54) is 0 Å². The van der Waals surface area contributed by atoms with Crippen LogP contribution in [0.5, 0.6) is 0 Å². The number of amides is 2. The second kappa shape index (κ2) is 9.11. The molecule has 2 aliphatic rings. The molecule has 2 fully saturated rings. The minimum atomic E-state index is 0.00920. The Balaban J connectivity index is 1.67. The Hall–Kier alpha value is -1.29. The van der Waals surface area contributed by atoms with Crippen molar-refractivity contribution in [2.75, 3.05) is 65.5 Å². The zero-order valence-electron chi connectivity index (χ0n) is 14.5. The van der Waals surface area contributed by atoms with Crippen molar-refractivity contribution in [1.29, 1.82) is 0 Å². The van der Waals surface area contributed by atoms with Gasteiger partial charge >= 0.3 is 6.03 Å². The molecule has 0 aromatic carbocycles. The zero-order valence-corrected chi connectivity index (χ0v) is 14.5. The molecule has 6 heteroatoms. The number of ether oxygens (including phenoxy) is 1. The lowest BCUT2D eigenvalue weighted by Crippen LogP contribution is -2.54. The van der Waals surface area contributed by atoms with Gasteiger partial charge in [-0.25, -0.2) is 4.79 Å². The van der Waals surface area contributed by atoms with E-state index < -0.39 is 0 Å². The lowest BCUT2D eigenvalue weighted by molar-refractivity contribution is -0.0295. The molecular weight excluding hydrogens is 292 g/mol. The second-order valence-electron chi connectivity index (χ2n) is 6.80. The summed E-state index contributed by atoms with van der Waals surface area (Å²) in [5.41, 5.74) is 0. The molecule has 2 rings (SSSR count). The van der Waals surface area contributed by atoms with Gasteiger partial charge in [0.2, 0.25) is 0 Å². The maximum atomic E-state index is 12.3. The van der Waals surface area contributed by atoms with Gasteiger partial charge in [0.05, 0.1) is 19.3 Å². The summed E-state index contributed by atoms with van der Waals surface area (Å²) in [5.74, 6) is 3.31. The smallest absolute Gasteiger partial charge is 0.317 e. The number of piperazine rings is 1. The van der Waals surface area contributed by atoms with E-state index in [0.717, 1.165) is 52.4 Å². The molecule has 1 atom stereocenters. The predicted molar refractivity (Wildman–Crippen MR) is 91.3 cm³/mol. The highest BCUT2D eigenvalue weighted by Crippen LogP contribution is 2.08. The van der Waals surface area contributed by atoms with Crippen molar-refractivity contribution < 1.29 is 9.53 Å². The standard InChI is InChI=1S/C17H30N4O2/c1-4-5-19-6-8-21(9-7-19)17(22)18-12-16-14-20(10-11-23-16)13-15(2)3/h1,15-16H,5-14H2,2-3H3,(H,18,22). The maximum Gasteiger partial charge on any atom is 0.317 e. The van der Waals surface area contributed by atoms with Crippen molar-refractivity contribution in [3.63, 3.8) is 0 Å². The third-order valence-corrected chi connectivity index (χ3v) is 4.30. The molecule has 130 valence electrons. The van der Waals surface area contributed by atoms with Crippen molar-refractivity contribution in [1.82, 2.24) is 20.0 Å². The van der Waals surface area contributed by atoms with Crippen LogP contribution < -0.4 is 5.32 Å². The number of carbonyl (C=O) groups is 1. The van der Waals surface area contributed by atoms with E-state index in [1.54, 1.807) is 0 Å². The Bertz CT molecular complexity index is 413. The Labute approximate surface area is 140 Å². The van der Waals surface area contributed by atoms with Crippen molar-refractivity contribution in [3.8, 4) is 12.3 Å². The largest absolute Gasteiger partial charge is 0.374 e. The highest BCUT2D eigenvalue weighted by molar-refractivity contribution is 5.74. The van der Waals surface area contributed by atoms with Crippen molar-refractivity contribution in [2.24, 2.45) is 5.92 Å². The highest BCUT2D eigenvalue weighted by Gasteiger charge is 2.24. The average molecular weight is 322 g/mol. The molecule has 0 aliphatic carbocycles. The summed E-state index contributed by atoms with van der Waals surface area (Å²) in [6.07, 6.45) is 5.41. The minimum absolute atomic E-state index is 0.00920. The molecule has 0 aromatic heterocycles. The number of hydrogen-bond acceptors (Lipinski definition) is 4. The minimum Gasteiger partial charge on any atom is -0.374 e. The van der Waals surface area contributed by atoms with Gasteiger partial charge in [0.1, 0.15) is 0 Å². The molecule has 0 saturated carbocycles. The van der Waals surface area contributed by atoms with Crippen LogP contribution in [0, 0.1) is 18.3 Å². The van der Waals surface area contributed by atoms with Crippen LogP contribution in [0.2, 0.25) is 0 Å². The van der Waals surface area contributed by atoms with E-state index in [0.29, 0.717) is 19.0 Å². The number of hydrogen-bond donors (Lipinski definition) is 1. The first kappa shape index (κ1) is 18.1. The van der Waals surface area contributed by atoms with Crippen LogP contribution in [-0.4, -0.2) is 92.3 Å². The van der Waals surface area contributed by atoms with Gasteiger partial charge in [-0.1, -0.05) is 19.8 Å². The van der Waals surface area contributed by atoms with Gasteiger partial charge in [0.25, 0.3) is 0 Å². The van der Waals surface area contributed by atoms with E-state index >= 15 is 0 Å². The molecule has 2 saturated heterocycles. The number of carbonyl (C=O) groups excluding carboxylic acids is 1. The van der Waals surface area contributed by atoms with Crippen molar-refractivity contribution in [3.05, 3.63) is 0 Å². The molecule has 6 nitrogen and oxygen atoms in total. The summed E-state index contributed by atoms with van der Waals surface area (Å²) in [7, 11) is 0. The number of nitrogens with zero attached hydrogens (tertiary/aromatic N) is 3. The molecule has 1 N–H and O–H groups in total. The van der Waals surface area contributed by atoms with Crippen LogP contribution in [0.3, 0.4) is 0 Å². The monoisotopic (exact) mass is 322 g/mol. The summed E-state index contributed by atoms with van der Waals surface area (Å²) < 4.78 is 5.77. The molecule has 0 spiro atoms. The fourth-order valence-corrected chi connectivity index (χ4v) is 3.14. The van der Waals surface area contributed by atoms with E-state index in [4.69, 9.17) is 11.2 Å². The highest BCUT2D eigenvalue weighted by atomic mass is 16.5. The van der Waals surface area contributed by atoms with Crippen LogP contribution in [0.4, 0.5) is 4.79 Å². The number of nitrogens with one attached hydrogen (secondary N) is 1. The van der Waals surface area contributed by atoms with E-state index in [9.17, 15) is 4.79 Å². The Kier molecular flexibility index (Phi) is 7.15. The average Bonchev–Trinajstić information content (AvgIpc) is 2.53. The van der Waals surface area contributed by atoms with Gasteiger partial charge in [-0.05, 0) is 5.92 Å². The fraction of sp³-hybridized carbons (Fsp3) is 0.824. The quantitative estimate of drug-likeness (QED) is 0.740. The lowest BCUT2D eigenvalue weighted by Gasteiger charge is -2.36. The van der Waals surface area contributed by atoms with Crippen LogP contribution >= 0.6 is 0 Å². The third kappa shape index (κ3) is 6.02. The van der Waals surface area contributed by atoms with Crippen LogP contribution in [0.25, 0.3) is 0 Å². The summed E-state index contributed by atoms with van der Waals surface area (Å²) in [4.78, 5) is 18.7. The molecule has 2 heterocycles. The Morgan fingerprint density at radius 3 is 2.65 bits per heavy atom.